The van der Waals surface area contributed by atoms with Crippen molar-refractivity contribution in [1.29, 1.82) is 0 Å². The van der Waals surface area contributed by atoms with Crippen molar-refractivity contribution in [2.24, 2.45) is 0 Å². The maximum Gasteiger partial charge on any atom is 0.327 e. The number of urea groups is 1. The van der Waals surface area contributed by atoms with Crippen LogP contribution in [0.15, 0.2) is 36.8 Å². The molecule has 0 aromatic carbocycles. The number of carbonyl (C=O) groups is 1. The molecule has 2 saturated heterocycles. The van der Waals surface area contributed by atoms with Gasteiger partial charge in [-0.15, -0.1) is 0 Å². The highest BCUT2D eigenvalue weighted by atomic mass is 35.5. The summed E-state index contributed by atoms with van der Waals surface area (Å²) in [4.78, 5) is 26.9. The molecule has 204 valence electrons. The molecule has 2 bridgehead atoms. The summed E-state index contributed by atoms with van der Waals surface area (Å²) in [6.45, 7) is 6.08. The highest BCUT2D eigenvalue weighted by Crippen LogP contribution is 2.43. The lowest BCUT2D eigenvalue weighted by molar-refractivity contribution is -0.141. The van der Waals surface area contributed by atoms with Crippen molar-refractivity contribution in [3.8, 4) is 17.1 Å². The van der Waals surface area contributed by atoms with Crippen LogP contribution in [0.4, 0.5) is 22.0 Å². The molecule has 0 unspecified atom stereocenters. The van der Waals surface area contributed by atoms with Gasteiger partial charge in [0.2, 0.25) is 5.88 Å². The van der Waals surface area contributed by atoms with Gasteiger partial charge >= 0.3 is 6.03 Å². The van der Waals surface area contributed by atoms with E-state index in [0.29, 0.717) is 47.4 Å². The van der Waals surface area contributed by atoms with Crippen molar-refractivity contribution in [1.82, 2.24) is 19.7 Å². The van der Waals surface area contributed by atoms with E-state index < -0.39 is 5.79 Å². The van der Waals surface area contributed by atoms with Crippen molar-refractivity contribution in [3.05, 3.63) is 41.8 Å². The van der Waals surface area contributed by atoms with Crippen molar-refractivity contribution in [2.45, 2.75) is 57.1 Å². The first kappa shape index (κ1) is 24.6. The molecule has 11 nitrogen and oxygen atoms in total. The SMILES string of the molecule is CC1(C)OC[C@H](COc2cc(NC(=O)N3c4nc(-c5cnn(C6CC6)c5)c(Cl)cc4N4CC[C@H]3C4)ccn2)O1. The molecule has 3 fully saturated rings. The fourth-order valence-corrected chi connectivity index (χ4v) is 5.72. The first-order valence-electron chi connectivity index (χ1n) is 13.3. The van der Waals surface area contributed by atoms with Gasteiger partial charge in [-0.2, -0.15) is 5.10 Å². The predicted octanol–water partition coefficient (Wildman–Crippen LogP) is 4.49. The number of hydrogen-bond donors (Lipinski definition) is 1. The van der Waals surface area contributed by atoms with Gasteiger partial charge in [0.15, 0.2) is 11.6 Å². The number of amides is 2. The number of hydrogen-bond acceptors (Lipinski definition) is 8. The molecule has 39 heavy (non-hydrogen) atoms. The Morgan fingerprint density at radius 3 is 2.92 bits per heavy atom. The second-order valence-electron chi connectivity index (χ2n) is 10.9. The smallest absolute Gasteiger partial charge is 0.327 e. The summed E-state index contributed by atoms with van der Waals surface area (Å²) >= 11 is 6.72. The third-order valence-corrected chi connectivity index (χ3v) is 7.81. The van der Waals surface area contributed by atoms with Gasteiger partial charge in [0.25, 0.3) is 0 Å². The number of carbonyl (C=O) groups excluding carboxylic acids is 1. The number of nitrogens with one attached hydrogen (secondary N) is 1. The average Bonchev–Trinajstić information content (AvgIpc) is 3.32. The lowest BCUT2D eigenvalue weighted by Gasteiger charge is -2.36. The number of fused-ring (bicyclic) bond motifs is 4. The van der Waals surface area contributed by atoms with Crippen LogP contribution in [0.1, 0.15) is 39.2 Å². The highest BCUT2D eigenvalue weighted by molar-refractivity contribution is 6.33. The third-order valence-electron chi connectivity index (χ3n) is 7.52. The standard InChI is InChI=1S/C27H30ClN7O4/c1-27(2)38-15-20(39-27)14-37-23-9-17(5-7-29-23)31-26(36)35-19-6-8-33(13-19)22-10-21(28)24(32-25(22)35)16-11-30-34(12-16)18-3-4-18/h5,7,9-12,18-20H,3-4,6,8,13-15H2,1-2H3,(H,29,31,36)/t19-,20-/m0/s1. The van der Waals surface area contributed by atoms with Crippen LogP contribution in [0.5, 0.6) is 5.88 Å². The van der Waals surface area contributed by atoms with E-state index in [4.69, 9.17) is 30.8 Å². The van der Waals surface area contributed by atoms with Gasteiger partial charge in [-0.1, -0.05) is 11.6 Å². The highest BCUT2D eigenvalue weighted by Gasteiger charge is 2.41. The zero-order valence-electron chi connectivity index (χ0n) is 21.8. The fourth-order valence-electron chi connectivity index (χ4n) is 5.46. The van der Waals surface area contributed by atoms with Gasteiger partial charge in [-0.3, -0.25) is 9.58 Å². The summed E-state index contributed by atoms with van der Waals surface area (Å²) < 4.78 is 19.2. The van der Waals surface area contributed by atoms with E-state index in [1.54, 1.807) is 29.4 Å². The van der Waals surface area contributed by atoms with Crippen LogP contribution in [0.25, 0.3) is 11.3 Å². The average molecular weight is 552 g/mol. The van der Waals surface area contributed by atoms with Gasteiger partial charge in [0.05, 0.1) is 41.3 Å². The molecule has 3 aromatic rings. The molecule has 7 rings (SSSR count). The van der Waals surface area contributed by atoms with E-state index in [1.807, 2.05) is 30.8 Å². The van der Waals surface area contributed by atoms with Crippen LogP contribution in [0.3, 0.4) is 0 Å². The topological polar surface area (TPSA) is 107 Å². The van der Waals surface area contributed by atoms with Gasteiger partial charge in [-0.25, -0.2) is 14.8 Å². The van der Waals surface area contributed by atoms with Crippen molar-refractivity contribution in [2.75, 3.05) is 41.4 Å². The van der Waals surface area contributed by atoms with Crippen molar-refractivity contribution >= 4 is 34.8 Å². The minimum atomic E-state index is -0.617. The maximum absolute atomic E-state index is 13.7. The molecule has 12 heteroatoms. The molecule has 1 N–H and O–H groups in total. The van der Waals surface area contributed by atoms with Crippen LogP contribution in [-0.4, -0.2) is 70.0 Å². The normalized spacial score (nSPS) is 23.2. The summed E-state index contributed by atoms with van der Waals surface area (Å²) in [6.07, 6.45) is 8.33. The van der Waals surface area contributed by atoms with Crippen molar-refractivity contribution < 1.29 is 19.0 Å². The molecule has 4 aliphatic rings. The second kappa shape index (κ2) is 9.35. The minimum Gasteiger partial charge on any atom is -0.475 e. The minimum absolute atomic E-state index is 0.00800. The van der Waals surface area contributed by atoms with Crippen LogP contribution >= 0.6 is 11.6 Å². The first-order chi connectivity index (χ1) is 18.8. The molecule has 1 aliphatic carbocycles. The van der Waals surface area contributed by atoms with E-state index in [-0.39, 0.29) is 18.2 Å². The van der Waals surface area contributed by atoms with Gasteiger partial charge in [0, 0.05) is 42.8 Å². The summed E-state index contributed by atoms with van der Waals surface area (Å²) in [5.74, 6) is 0.381. The lowest BCUT2D eigenvalue weighted by Crippen LogP contribution is -2.48. The Bertz CT molecular complexity index is 1420. The number of rotatable bonds is 6. The van der Waals surface area contributed by atoms with Crippen LogP contribution in [0, 0.1) is 0 Å². The van der Waals surface area contributed by atoms with Crippen molar-refractivity contribution in [3.63, 3.8) is 0 Å². The monoisotopic (exact) mass is 551 g/mol. The molecular formula is C27H30ClN7O4. The molecule has 0 spiro atoms. The third kappa shape index (κ3) is 4.79. The number of nitrogens with zero attached hydrogens (tertiary/aromatic N) is 6. The van der Waals surface area contributed by atoms with E-state index in [9.17, 15) is 4.79 Å². The number of anilines is 3. The molecule has 2 amide bonds. The van der Waals surface area contributed by atoms with Gasteiger partial charge in [-0.05, 0) is 45.2 Å². The Balaban J connectivity index is 1.12. The second-order valence-corrected chi connectivity index (χ2v) is 11.3. The molecule has 6 heterocycles. The molecule has 2 atom stereocenters. The Hall–Kier alpha value is -3.41. The van der Waals surface area contributed by atoms with E-state index in [2.05, 4.69) is 20.3 Å². The summed E-state index contributed by atoms with van der Waals surface area (Å²) in [5.41, 5.74) is 2.92. The van der Waals surface area contributed by atoms with Crippen LogP contribution in [0.2, 0.25) is 5.02 Å². The number of ether oxygens (including phenoxy) is 3. The quantitative estimate of drug-likeness (QED) is 0.477. The zero-order valence-corrected chi connectivity index (χ0v) is 22.6. The summed E-state index contributed by atoms with van der Waals surface area (Å²) in [5, 5.41) is 8.07. The molecular weight excluding hydrogens is 522 g/mol. The Morgan fingerprint density at radius 1 is 1.26 bits per heavy atom. The fraction of sp³-hybridized carbons (Fsp3) is 0.481. The molecule has 3 aliphatic heterocycles. The van der Waals surface area contributed by atoms with Crippen LogP contribution < -0.4 is 19.9 Å². The summed E-state index contributed by atoms with van der Waals surface area (Å²) in [6, 6.07) is 5.57. The van der Waals surface area contributed by atoms with E-state index in [0.717, 1.165) is 43.6 Å². The maximum atomic E-state index is 13.7. The first-order valence-corrected chi connectivity index (χ1v) is 13.7. The van der Waals surface area contributed by atoms with Crippen LogP contribution in [-0.2, 0) is 9.47 Å². The molecule has 1 saturated carbocycles. The van der Waals surface area contributed by atoms with Gasteiger partial charge in [0.1, 0.15) is 12.7 Å². The lowest BCUT2D eigenvalue weighted by atomic mass is 10.1. The zero-order chi connectivity index (χ0) is 26.7. The van der Waals surface area contributed by atoms with E-state index >= 15 is 0 Å². The Morgan fingerprint density at radius 2 is 2.13 bits per heavy atom. The Kier molecular flexibility index (Phi) is 5.91. The van der Waals surface area contributed by atoms with E-state index in [1.165, 1.54) is 0 Å². The molecule has 3 aromatic heterocycles. The number of pyridine rings is 2. The largest absolute Gasteiger partial charge is 0.475 e. The number of halogens is 1. The Labute approximate surface area is 231 Å². The number of aromatic nitrogens is 4. The van der Waals surface area contributed by atoms with Gasteiger partial charge < -0.3 is 24.4 Å². The predicted molar refractivity (Wildman–Crippen MR) is 145 cm³/mol. The summed E-state index contributed by atoms with van der Waals surface area (Å²) in [7, 11) is 0. The molecule has 0 radical (unpaired) electrons.